The van der Waals surface area contributed by atoms with E-state index in [2.05, 4.69) is 0 Å². The summed E-state index contributed by atoms with van der Waals surface area (Å²) in [5.74, 6) is -0.785. The van der Waals surface area contributed by atoms with Gasteiger partial charge in [-0.15, -0.1) is 0 Å². The molecular formula is C17H13Cl2F4N3O4. The number of nitro groups is 2. The van der Waals surface area contributed by atoms with Crippen molar-refractivity contribution in [1.29, 1.82) is 0 Å². The second kappa shape index (κ2) is 9.00. The summed E-state index contributed by atoms with van der Waals surface area (Å²) in [7, 11) is 0. The number of benzene rings is 2. The van der Waals surface area contributed by atoms with E-state index >= 15 is 0 Å². The van der Waals surface area contributed by atoms with Gasteiger partial charge in [-0.25, -0.2) is 4.39 Å². The summed E-state index contributed by atoms with van der Waals surface area (Å²) in [6.45, 7) is 1.07. The predicted octanol–water partition coefficient (Wildman–Crippen LogP) is 6.38. The molecule has 0 aliphatic rings. The van der Waals surface area contributed by atoms with Gasteiger partial charge >= 0.3 is 11.9 Å². The summed E-state index contributed by atoms with van der Waals surface area (Å²) in [6, 6.07) is 3.85. The highest BCUT2D eigenvalue weighted by atomic mass is 35.5. The molecule has 0 N–H and O–H groups in total. The molecule has 0 fully saturated rings. The minimum atomic E-state index is -5.17. The summed E-state index contributed by atoms with van der Waals surface area (Å²) in [5.41, 5.74) is -5.08. The van der Waals surface area contributed by atoms with Crippen LogP contribution in [0.25, 0.3) is 0 Å². The molecule has 0 bridgehead atoms. The second-order valence-electron chi connectivity index (χ2n) is 6.09. The van der Waals surface area contributed by atoms with Gasteiger partial charge in [0.2, 0.25) is 0 Å². The first-order valence-corrected chi connectivity index (χ1v) is 9.06. The average Bonchev–Trinajstić information content (AvgIpc) is 2.61. The minimum absolute atomic E-state index is 0.0561. The van der Waals surface area contributed by atoms with Crippen molar-refractivity contribution < 1.29 is 27.4 Å². The highest BCUT2D eigenvalue weighted by Crippen LogP contribution is 2.49. The molecule has 0 radical (unpaired) electrons. The third-order valence-electron chi connectivity index (χ3n) is 4.10. The molecule has 0 saturated carbocycles. The van der Waals surface area contributed by atoms with Gasteiger partial charge in [-0.1, -0.05) is 36.2 Å². The zero-order chi connectivity index (χ0) is 22.8. The van der Waals surface area contributed by atoms with Crippen molar-refractivity contribution in [2.45, 2.75) is 26.1 Å². The zero-order valence-corrected chi connectivity index (χ0v) is 16.7. The van der Waals surface area contributed by atoms with Crippen LogP contribution in [0.5, 0.6) is 0 Å². The van der Waals surface area contributed by atoms with Crippen molar-refractivity contribution in [3.63, 3.8) is 0 Å². The van der Waals surface area contributed by atoms with E-state index in [4.69, 9.17) is 23.2 Å². The maximum atomic E-state index is 14.2. The lowest BCUT2D eigenvalue weighted by molar-refractivity contribution is -0.393. The molecule has 0 aromatic heterocycles. The number of hydrogen-bond acceptors (Lipinski definition) is 5. The smallest absolute Gasteiger partial charge is 0.356 e. The number of rotatable bonds is 7. The van der Waals surface area contributed by atoms with E-state index in [1.54, 1.807) is 6.92 Å². The first-order chi connectivity index (χ1) is 13.9. The van der Waals surface area contributed by atoms with Crippen LogP contribution in [-0.4, -0.2) is 16.4 Å². The molecule has 7 nitrogen and oxygen atoms in total. The van der Waals surface area contributed by atoms with E-state index < -0.39 is 56.0 Å². The monoisotopic (exact) mass is 469 g/mol. The Morgan fingerprint density at radius 2 is 1.77 bits per heavy atom. The lowest BCUT2D eigenvalue weighted by Crippen LogP contribution is -2.26. The molecule has 0 aliphatic carbocycles. The quantitative estimate of drug-likeness (QED) is 0.266. The highest BCUT2D eigenvalue weighted by Gasteiger charge is 2.43. The standard InChI is InChI=1S/C17H13Cl2F4N3O4/c1-2-6-24(8-9-11(18)4-3-5-12(9)20)15-13(25(27)28)7-10(17(21,22)23)14(19)16(15)26(29)30/h3-5,7H,2,6,8H2,1H3. The van der Waals surface area contributed by atoms with E-state index in [1.165, 1.54) is 12.1 Å². The minimum Gasteiger partial charge on any atom is -0.356 e. The van der Waals surface area contributed by atoms with Crippen LogP contribution < -0.4 is 4.90 Å². The van der Waals surface area contributed by atoms with E-state index in [-0.39, 0.29) is 29.6 Å². The van der Waals surface area contributed by atoms with E-state index in [1.807, 2.05) is 0 Å². The van der Waals surface area contributed by atoms with Gasteiger partial charge in [0.05, 0.1) is 15.4 Å². The first kappa shape index (κ1) is 23.6. The molecule has 2 aromatic carbocycles. The van der Waals surface area contributed by atoms with Crippen molar-refractivity contribution in [3.05, 3.63) is 71.5 Å². The predicted molar refractivity (Wildman–Crippen MR) is 103 cm³/mol. The Hall–Kier alpha value is -2.66. The lowest BCUT2D eigenvalue weighted by atomic mass is 10.1. The molecule has 30 heavy (non-hydrogen) atoms. The van der Waals surface area contributed by atoms with Gasteiger partial charge in [0.15, 0.2) is 5.69 Å². The van der Waals surface area contributed by atoms with Gasteiger partial charge in [0.25, 0.3) is 5.69 Å². The van der Waals surface area contributed by atoms with Gasteiger partial charge in [-0.2, -0.15) is 13.2 Å². The molecule has 0 amide bonds. The Labute approximate surface area is 177 Å². The van der Waals surface area contributed by atoms with Crippen LogP contribution in [0.1, 0.15) is 24.5 Å². The Morgan fingerprint density at radius 3 is 2.23 bits per heavy atom. The average molecular weight is 470 g/mol. The molecule has 0 aliphatic heterocycles. The normalized spacial score (nSPS) is 11.4. The third kappa shape index (κ3) is 4.73. The van der Waals surface area contributed by atoms with Crippen molar-refractivity contribution in [2.24, 2.45) is 0 Å². The van der Waals surface area contributed by atoms with Crippen LogP contribution in [0.4, 0.5) is 34.6 Å². The molecule has 2 rings (SSSR count). The summed E-state index contributed by atoms with van der Waals surface area (Å²) < 4.78 is 54.0. The largest absolute Gasteiger partial charge is 0.418 e. The fourth-order valence-electron chi connectivity index (χ4n) is 2.86. The van der Waals surface area contributed by atoms with Crippen molar-refractivity contribution in [2.75, 3.05) is 11.4 Å². The molecular weight excluding hydrogens is 457 g/mol. The summed E-state index contributed by atoms with van der Waals surface area (Å²) in [6.07, 6.45) is -4.89. The Morgan fingerprint density at radius 1 is 1.13 bits per heavy atom. The van der Waals surface area contributed by atoms with Crippen LogP contribution in [0.3, 0.4) is 0 Å². The van der Waals surface area contributed by atoms with Gasteiger partial charge in [0, 0.05) is 29.7 Å². The maximum absolute atomic E-state index is 14.2. The summed E-state index contributed by atoms with van der Waals surface area (Å²) >= 11 is 11.6. The number of halogens is 6. The Kier molecular flexibility index (Phi) is 7.09. The molecule has 0 unspecified atom stereocenters. The van der Waals surface area contributed by atoms with Crippen LogP contribution in [0.2, 0.25) is 10.0 Å². The molecule has 13 heteroatoms. The van der Waals surface area contributed by atoms with Gasteiger partial charge in [-0.05, 0) is 18.6 Å². The van der Waals surface area contributed by atoms with Gasteiger partial charge in [0.1, 0.15) is 10.8 Å². The highest BCUT2D eigenvalue weighted by molar-refractivity contribution is 6.34. The van der Waals surface area contributed by atoms with Crippen LogP contribution >= 0.6 is 23.2 Å². The van der Waals surface area contributed by atoms with Crippen molar-refractivity contribution in [1.82, 2.24) is 0 Å². The molecule has 0 atom stereocenters. The number of hydrogen-bond donors (Lipinski definition) is 0. The topological polar surface area (TPSA) is 89.5 Å². The molecule has 0 saturated heterocycles. The fraction of sp³-hybridized carbons (Fsp3) is 0.294. The van der Waals surface area contributed by atoms with Gasteiger partial charge < -0.3 is 4.90 Å². The molecule has 0 spiro atoms. The first-order valence-electron chi connectivity index (χ1n) is 8.30. The second-order valence-corrected chi connectivity index (χ2v) is 6.87. The zero-order valence-electron chi connectivity index (χ0n) is 15.2. The lowest BCUT2D eigenvalue weighted by Gasteiger charge is -2.25. The SMILES string of the molecule is CCCN(Cc1c(F)cccc1Cl)c1c([N+](=O)[O-])cc(C(F)(F)F)c(Cl)c1[N+](=O)[O-]. The maximum Gasteiger partial charge on any atom is 0.418 e. The number of anilines is 1. The van der Waals surface area contributed by atoms with Gasteiger partial charge in [-0.3, -0.25) is 20.2 Å². The summed E-state index contributed by atoms with van der Waals surface area (Å²) in [4.78, 5) is 21.7. The fourth-order valence-corrected chi connectivity index (χ4v) is 3.40. The molecule has 0 heterocycles. The Bertz CT molecular complexity index is 982. The summed E-state index contributed by atoms with van der Waals surface area (Å²) in [5, 5.41) is 21.8. The van der Waals surface area contributed by atoms with E-state index in [0.717, 1.165) is 11.0 Å². The van der Waals surface area contributed by atoms with Crippen LogP contribution in [0.15, 0.2) is 24.3 Å². The number of nitro benzene ring substituents is 2. The number of alkyl halides is 3. The van der Waals surface area contributed by atoms with E-state index in [0.29, 0.717) is 0 Å². The Balaban J connectivity index is 2.84. The van der Waals surface area contributed by atoms with Crippen molar-refractivity contribution in [3.8, 4) is 0 Å². The van der Waals surface area contributed by atoms with Crippen LogP contribution in [-0.2, 0) is 12.7 Å². The number of nitrogens with zero attached hydrogens (tertiary/aromatic N) is 3. The van der Waals surface area contributed by atoms with Crippen molar-refractivity contribution >= 4 is 40.3 Å². The molecule has 162 valence electrons. The molecule has 2 aromatic rings. The third-order valence-corrected chi connectivity index (χ3v) is 4.83. The van der Waals surface area contributed by atoms with E-state index in [9.17, 15) is 37.8 Å². The van der Waals surface area contributed by atoms with Crippen LogP contribution in [0, 0.1) is 26.0 Å².